The second-order valence-electron chi connectivity index (χ2n) is 4.84. The molecule has 8 nitrogen and oxygen atoms in total. The highest BCUT2D eigenvalue weighted by atomic mass is 32.2. The summed E-state index contributed by atoms with van der Waals surface area (Å²) < 4.78 is 24.6. The molecule has 0 aliphatic heterocycles. The summed E-state index contributed by atoms with van der Waals surface area (Å²) in [6, 6.07) is 8.49. The molecule has 0 radical (unpaired) electrons. The van der Waals surface area contributed by atoms with Crippen LogP contribution in [0.1, 0.15) is 21.7 Å². The number of rotatable bonds is 4. The zero-order valence-electron chi connectivity index (χ0n) is 12.0. The number of thiol groups is 1. The van der Waals surface area contributed by atoms with Crippen molar-refractivity contribution in [3.63, 3.8) is 0 Å². The molecular formula is C14H14N2O6S. The zero-order valence-corrected chi connectivity index (χ0v) is 12.9. The number of aromatic nitrogens is 1. The van der Waals surface area contributed by atoms with Crippen molar-refractivity contribution >= 4 is 16.7 Å². The Morgan fingerprint density at radius 1 is 1.26 bits per heavy atom. The normalized spacial score (nSPS) is 13.7. The molecule has 1 aromatic heterocycles. The number of carboxylic acids is 1. The number of aromatic hydroxyl groups is 1. The lowest BCUT2D eigenvalue weighted by atomic mass is 10.0. The van der Waals surface area contributed by atoms with Gasteiger partial charge in [0.15, 0.2) is 27.0 Å². The third kappa shape index (κ3) is 2.60. The maximum atomic E-state index is 11.8. The molecule has 9 heteroatoms. The number of nitrogens with two attached hydrogens (primary N) is 1. The second-order valence-corrected chi connectivity index (χ2v) is 6.06. The molecule has 23 heavy (non-hydrogen) atoms. The Bertz CT molecular complexity index is 895. The second kappa shape index (κ2) is 5.86. The first-order valence-corrected chi connectivity index (χ1v) is 7.54. The van der Waals surface area contributed by atoms with Crippen molar-refractivity contribution in [2.45, 2.75) is 4.87 Å². The van der Waals surface area contributed by atoms with E-state index in [1.54, 1.807) is 18.2 Å². The Hall–Kier alpha value is -2.65. The smallest absolute Gasteiger partial charge is 0.356 e. The summed E-state index contributed by atoms with van der Waals surface area (Å²) in [7, 11) is -2.12. The molecule has 0 aliphatic carbocycles. The molecule has 1 aromatic carbocycles. The molecule has 1 unspecified atom stereocenters. The standard InChI is InChI=1S/C14H14N2O6S/c1-16-10(7-9(17)12(18)11(16)13(19)20)14(15,23(21)22)8-5-3-2-4-6-8/h2-7,18,23H,15H2,1H3,(H,19,20). The first-order valence-electron chi connectivity index (χ1n) is 6.37. The molecule has 0 amide bonds. The molecule has 1 heterocycles. The number of aromatic carboxylic acids is 1. The fourth-order valence-electron chi connectivity index (χ4n) is 2.33. The van der Waals surface area contributed by atoms with E-state index in [1.807, 2.05) is 0 Å². The van der Waals surface area contributed by atoms with Crippen LogP contribution in [0.5, 0.6) is 5.75 Å². The predicted octanol–water partition coefficient (Wildman–Crippen LogP) is -0.440. The van der Waals surface area contributed by atoms with E-state index in [4.69, 9.17) is 10.8 Å². The van der Waals surface area contributed by atoms with Gasteiger partial charge in [0.1, 0.15) is 0 Å². The largest absolute Gasteiger partial charge is 0.502 e. The van der Waals surface area contributed by atoms with Crippen molar-refractivity contribution < 1.29 is 23.4 Å². The molecule has 2 aromatic rings. The number of pyridine rings is 1. The minimum absolute atomic E-state index is 0.160. The van der Waals surface area contributed by atoms with Crippen molar-refractivity contribution in [3.8, 4) is 5.75 Å². The van der Waals surface area contributed by atoms with Crippen LogP contribution in [0.3, 0.4) is 0 Å². The van der Waals surface area contributed by atoms with E-state index < -0.39 is 38.4 Å². The fraction of sp³-hybridized carbons (Fsp3) is 0.143. The van der Waals surface area contributed by atoms with Gasteiger partial charge in [0, 0.05) is 13.1 Å². The van der Waals surface area contributed by atoms with Gasteiger partial charge in [0.25, 0.3) is 0 Å². The van der Waals surface area contributed by atoms with E-state index >= 15 is 0 Å². The van der Waals surface area contributed by atoms with Crippen LogP contribution >= 0.6 is 0 Å². The van der Waals surface area contributed by atoms with E-state index in [2.05, 4.69) is 0 Å². The van der Waals surface area contributed by atoms with Crippen LogP contribution < -0.4 is 11.2 Å². The van der Waals surface area contributed by atoms with E-state index in [-0.39, 0.29) is 11.3 Å². The van der Waals surface area contributed by atoms with Gasteiger partial charge < -0.3 is 20.5 Å². The van der Waals surface area contributed by atoms with Crippen LogP contribution in [-0.2, 0) is 22.6 Å². The third-order valence-electron chi connectivity index (χ3n) is 3.52. The number of hydrogen-bond acceptors (Lipinski definition) is 6. The van der Waals surface area contributed by atoms with Gasteiger partial charge in [-0.3, -0.25) is 4.79 Å². The van der Waals surface area contributed by atoms with Gasteiger partial charge in [-0.05, 0) is 5.56 Å². The molecule has 2 rings (SSSR count). The van der Waals surface area contributed by atoms with Crippen LogP contribution in [-0.4, -0.2) is 29.2 Å². The molecule has 1 atom stereocenters. The lowest BCUT2D eigenvalue weighted by molar-refractivity contribution is 0.0680. The topological polar surface area (TPSA) is 140 Å². The Morgan fingerprint density at radius 3 is 2.30 bits per heavy atom. The molecule has 0 saturated carbocycles. The molecule has 0 spiro atoms. The van der Waals surface area contributed by atoms with Crippen LogP contribution in [0.25, 0.3) is 0 Å². The highest BCUT2D eigenvalue weighted by molar-refractivity contribution is 7.73. The van der Waals surface area contributed by atoms with Crippen molar-refractivity contribution in [2.24, 2.45) is 12.8 Å². The summed E-state index contributed by atoms with van der Waals surface area (Å²) in [5.41, 5.74) is 4.17. The molecule has 4 N–H and O–H groups in total. The van der Waals surface area contributed by atoms with Gasteiger partial charge in [-0.15, -0.1) is 0 Å². The van der Waals surface area contributed by atoms with E-state index in [0.29, 0.717) is 0 Å². The van der Waals surface area contributed by atoms with Crippen LogP contribution in [0.4, 0.5) is 0 Å². The average Bonchev–Trinajstić information content (AvgIpc) is 2.50. The van der Waals surface area contributed by atoms with Gasteiger partial charge in [-0.25, -0.2) is 13.2 Å². The van der Waals surface area contributed by atoms with E-state index in [0.717, 1.165) is 10.6 Å². The Labute approximate surface area is 132 Å². The van der Waals surface area contributed by atoms with Crippen molar-refractivity contribution in [3.05, 3.63) is 63.6 Å². The van der Waals surface area contributed by atoms with Crippen molar-refractivity contribution in [1.82, 2.24) is 4.57 Å². The van der Waals surface area contributed by atoms with Gasteiger partial charge >= 0.3 is 5.97 Å². The summed E-state index contributed by atoms with van der Waals surface area (Å²) >= 11 is 0. The fourth-order valence-corrected chi connectivity index (χ4v) is 3.10. The molecule has 122 valence electrons. The lowest BCUT2D eigenvalue weighted by Crippen LogP contribution is -2.43. The molecule has 0 saturated heterocycles. The predicted molar refractivity (Wildman–Crippen MR) is 82.0 cm³/mol. The Balaban J connectivity index is 2.93. The monoisotopic (exact) mass is 338 g/mol. The summed E-state index contributed by atoms with van der Waals surface area (Å²) in [5.74, 6) is -2.57. The van der Waals surface area contributed by atoms with Crippen LogP contribution in [0.2, 0.25) is 0 Å². The summed E-state index contributed by atoms with van der Waals surface area (Å²) in [5, 5.41) is 18.8. The molecular weight excluding hydrogens is 324 g/mol. The Morgan fingerprint density at radius 2 is 1.83 bits per heavy atom. The number of nitrogens with zero attached hydrogens (tertiary/aromatic N) is 1. The maximum Gasteiger partial charge on any atom is 0.356 e. The number of carboxylic acid groups (broad SMARTS) is 1. The van der Waals surface area contributed by atoms with Crippen LogP contribution in [0, 0.1) is 0 Å². The minimum Gasteiger partial charge on any atom is -0.502 e. The first-order chi connectivity index (χ1) is 10.7. The zero-order chi connectivity index (χ0) is 17.4. The SMILES string of the molecule is Cn1c(C(N)(c2ccccc2)[SH](=O)=O)cc(=O)c(O)c1C(=O)O. The van der Waals surface area contributed by atoms with E-state index in [9.17, 15) is 23.1 Å². The lowest BCUT2D eigenvalue weighted by Gasteiger charge is -2.27. The number of hydrogen-bond donors (Lipinski definition) is 4. The number of benzene rings is 1. The highest BCUT2D eigenvalue weighted by Gasteiger charge is 2.38. The van der Waals surface area contributed by atoms with Gasteiger partial charge in [0.05, 0.1) is 5.69 Å². The summed E-state index contributed by atoms with van der Waals surface area (Å²) in [6.45, 7) is 0. The molecule has 0 fully saturated rings. The summed E-state index contributed by atoms with van der Waals surface area (Å²) in [4.78, 5) is 21.0. The highest BCUT2D eigenvalue weighted by Crippen LogP contribution is 2.29. The van der Waals surface area contributed by atoms with Gasteiger partial charge in [0.2, 0.25) is 5.43 Å². The quantitative estimate of drug-likeness (QED) is 0.554. The van der Waals surface area contributed by atoms with Crippen molar-refractivity contribution in [2.75, 3.05) is 0 Å². The van der Waals surface area contributed by atoms with E-state index in [1.165, 1.54) is 19.2 Å². The third-order valence-corrected chi connectivity index (χ3v) is 4.58. The number of carbonyl (C=O) groups is 1. The molecule has 0 aliphatic rings. The molecule has 0 bridgehead atoms. The summed E-state index contributed by atoms with van der Waals surface area (Å²) in [6.07, 6.45) is 0. The Kier molecular flexibility index (Phi) is 4.26. The van der Waals surface area contributed by atoms with Gasteiger partial charge in [-0.2, -0.15) is 0 Å². The van der Waals surface area contributed by atoms with Gasteiger partial charge in [-0.1, -0.05) is 30.3 Å². The minimum atomic E-state index is -3.32. The van der Waals surface area contributed by atoms with Crippen molar-refractivity contribution in [1.29, 1.82) is 0 Å². The average molecular weight is 338 g/mol. The first kappa shape index (κ1) is 16.7. The maximum absolute atomic E-state index is 11.8. The van der Waals surface area contributed by atoms with Crippen LogP contribution in [0.15, 0.2) is 41.2 Å².